The molecule has 0 radical (unpaired) electrons. The largest absolute Gasteiger partial charge is 0.480 e. The van der Waals surface area contributed by atoms with Crippen LogP contribution in [0.4, 0.5) is 4.79 Å². The Balaban J connectivity index is 1.81. The molecular formula is C11H16N4O3S. The van der Waals surface area contributed by atoms with Crippen LogP contribution in [0.2, 0.25) is 0 Å². The first-order valence-electron chi connectivity index (χ1n) is 5.91. The Morgan fingerprint density at radius 1 is 1.63 bits per heavy atom. The SMILES string of the molecule is Cn1nccc1CCNC(=O)N1CSC[C@H]1C(=O)O. The van der Waals surface area contributed by atoms with Crippen LogP contribution in [0.5, 0.6) is 0 Å². The molecule has 1 aromatic rings. The molecule has 0 spiro atoms. The van der Waals surface area contributed by atoms with E-state index in [1.165, 1.54) is 16.7 Å². The standard InChI is InChI=1S/C11H16N4O3S/c1-14-8(3-5-13-14)2-4-12-11(18)15-7-19-6-9(15)10(16)17/h3,5,9H,2,4,6-7H2,1H3,(H,12,18)(H,16,17)/t9-/m0/s1. The van der Waals surface area contributed by atoms with E-state index in [1.807, 2.05) is 13.1 Å². The first kappa shape index (κ1) is 13.7. The van der Waals surface area contributed by atoms with Crippen molar-refractivity contribution < 1.29 is 14.7 Å². The summed E-state index contributed by atoms with van der Waals surface area (Å²) in [4.78, 5) is 24.2. The fourth-order valence-corrected chi connectivity index (χ4v) is 3.04. The Morgan fingerprint density at radius 2 is 2.42 bits per heavy atom. The van der Waals surface area contributed by atoms with Crippen LogP contribution in [0.3, 0.4) is 0 Å². The van der Waals surface area contributed by atoms with Crippen LogP contribution in [-0.2, 0) is 18.3 Å². The number of aromatic nitrogens is 2. The second-order valence-electron chi connectivity index (χ2n) is 4.25. The molecule has 104 valence electrons. The minimum atomic E-state index is -0.952. The molecule has 1 atom stereocenters. The summed E-state index contributed by atoms with van der Waals surface area (Å²) in [5.41, 5.74) is 1.02. The van der Waals surface area contributed by atoms with E-state index in [-0.39, 0.29) is 6.03 Å². The highest BCUT2D eigenvalue weighted by Crippen LogP contribution is 2.20. The molecule has 2 N–H and O–H groups in total. The van der Waals surface area contributed by atoms with Crippen molar-refractivity contribution in [3.05, 3.63) is 18.0 Å². The van der Waals surface area contributed by atoms with Crippen molar-refractivity contribution in [2.24, 2.45) is 7.05 Å². The molecule has 0 unspecified atom stereocenters. The predicted octanol–water partition coefficient (Wildman–Crippen LogP) is 0.132. The monoisotopic (exact) mass is 284 g/mol. The first-order valence-corrected chi connectivity index (χ1v) is 7.07. The summed E-state index contributed by atoms with van der Waals surface area (Å²) in [6, 6.07) is 0.846. The smallest absolute Gasteiger partial charge is 0.327 e. The van der Waals surface area contributed by atoms with Crippen molar-refractivity contribution in [3.63, 3.8) is 0 Å². The van der Waals surface area contributed by atoms with Gasteiger partial charge in [0.1, 0.15) is 6.04 Å². The van der Waals surface area contributed by atoms with E-state index in [0.29, 0.717) is 24.6 Å². The quantitative estimate of drug-likeness (QED) is 0.820. The summed E-state index contributed by atoms with van der Waals surface area (Å²) in [6.45, 7) is 0.464. The number of hydrogen-bond donors (Lipinski definition) is 2. The Morgan fingerprint density at radius 3 is 3.05 bits per heavy atom. The van der Waals surface area contributed by atoms with Crippen molar-refractivity contribution in [1.82, 2.24) is 20.0 Å². The third-order valence-corrected chi connectivity index (χ3v) is 4.02. The Labute approximate surface area is 115 Å². The molecule has 19 heavy (non-hydrogen) atoms. The predicted molar refractivity (Wildman–Crippen MR) is 70.9 cm³/mol. The Bertz CT molecular complexity index is 476. The number of urea groups is 1. The number of thioether (sulfide) groups is 1. The normalized spacial score (nSPS) is 18.6. The maximum Gasteiger partial charge on any atom is 0.327 e. The number of nitrogens with zero attached hydrogens (tertiary/aromatic N) is 3. The van der Waals surface area contributed by atoms with Crippen LogP contribution >= 0.6 is 11.8 Å². The van der Waals surface area contributed by atoms with Gasteiger partial charge < -0.3 is 15.3 Å². The van der Waals surface area contributed by atoms with Crippen LogP contribution in [0, 0.1) is 0 Å². The number of carbonyl (C=O) groups excluding carboxylic acids is 1. The topological polar surface area (TPSA) is 87.5 Å². The average Bonchev–Trinajstić information content (AvgIpc) is 2.98. The maximum atomic E-state index is 11.9. The van der Waals surface area contributed by atoms with Crippen molar-refractivity contribution in [1.29, 1.82) is 0 Å². The molecule has 1 saturated heterocycles. The molecule has 1 fully saturated rings. The molecule has 0 aromatic carbocycles. The molecular weight excluding hydrogens is 268 g/mol. The number of hydrogen-bond acceptors (Lipinski definition) is 4. The lowest BCUT2D eigenvalue weighted by Crippen LogP contribution is -2.47. The van der Waals surface area contributed by atoms with Crippen molar-refractivity contribution in [2.45, 2.75) is 12.5 Å². The zero-order valence-corrected chi connectivity index (χ0v) is 11.4. The molecule has 1 aromatic heterocycles. The number of carboxylic acid groups (broad SMARTS) is 1. The van der Waals surface area contributed by atoms with Gasteiger partial charge in [0.15, 0.2) is 0 Å². The van der Waals surface area contributed by atoms with Crippen molar-refractivity contribution in [3.8, 4) is 0 Å². The van der Waals surface area contributed by atoms with Gasteiger partial charge in [0.25, 0.3) is 0 Å². The van der Waals surface area contributed by atoms with Crippen LogP contribution in [0.15, 0.2) is 12.3 Å². The number of nitrogens with one attached hydrogen (secondary N) is 1. The lowest BCUT2D eigenvalue weighted by molar-refractivity contribution is -0.140. The van der Waals surface area contributed by atoms with E-state index in [4.69, 9.17) is 5.11 Å². The summed E-state index contributed by atoms with van der Waals surface area (Å²) < 4.78 is 1.75. The number of carboxylic acids is 1. The van der Waals surface area contributed by atoms with Gasteiger partial charge in [-0.25, -0.2) is 9.59 Å². The van der Waals surface area contributed by atoms with Gasteiger partial charge in [0, 0.05) is 37.7 Å². The molecule has 8 heteroatoms. The van der Waals surface area contributed by atoms with Gasteiger partial charge in [0.2, 0.25) is 0 Å². The summed E-state index contributed by atoms with van der Waals surface area (Å²) in [7, 11) is 1.84. The number of aryl methyl sites for hydroxylation is 1. The van der Waals surface area contributed by atoms with E-state index in [2.05, 4.69) is 10.4 Å². The van der Waals surface area contributed by atoms with Crippen LogP contribution in [0.25, 0.3) is 0 Å². The van der Waals surface area contributed by atoms with Gasteiger partial charge in [-0.15, -0.1) is 11.8 Å². The lowest BCUT2D eigenvalue weighted by Gasteiger charge is -2.20. The molecule has 0 bridgehead atoms. The van der Waals surface area contributed by atoms with E-state index >= 15 is 0 Å². The highest BCUT2D eigenvalue weighted by Gasteiger charge is 2.34. The first-order chi connectivity index (χ1) is 9.09. The summed E-state index contributed by atoms with van der Waals surface area (Å²) in [5, 5.41) is 15.8. The van der Waals surface area contributed by atoms with Gasteiger partial charge in [-0.05, 0) is 6.07 Å². The zero-order chi connectivity index (χ0) is 13.8. The minimum Gasteiger partial charge on any atom is -0.480 e. The third kappa shape index (κ3) is 3.19. The summed E-state index contributed by atoms with van der Waals surface area (Å²) >= 11 is 1.45. The third-order valence-electron chi connectivity index (χ3n) is 3.01. The Hall–Kier alpha value is -1.70. The molecule has 0 saturated carbocycles. The highest BCUT2D eigenvalue weighted by atomic mass is 32.2. The van der Waals surface area contributed by atoms with Crippen LogP contribution in [-0.4, -0.2) is 56.0 Å². The second-order valence-corrected chi connectivity index (χ2v) is 5.25. The highest BCUT2D eigenvalue weighted by molar-refractivity contribution is 7.99. The van der Waals surface area contributed by atoms with E-state index < -0.39 is 12.0 Å². The molecule has 7 nitrogen and oxygen atoms in total. The van der Waals surface area contributed by atoms with E-state index in [1.54, 1.807) is 10.9 Å². The van der Waals surface area contributed by atoms with Gasteiger partial charge in [-0.1, -0.05) is 0 Å². The molecule has 2 amide bonds. The van der Waals surface area contributed by atoms with Gasteiger partial charge in [-0.2, -0.15) is 5.10 Å². The number of amides is 2. The fraction of sp³-hybridized carbons (Fsp3) is 0.545. The second kappa shape index (κ2) is 5.96. The van der Waals surface area contributed by atoms with Crippen LogP contribution < -0.4 is 5.32 Å². The van der Waals surface area contributed by atoms with Gasteiger partial charge in [-0.3, -0.25) is 4.68 Å². The van der Waals surface area contributed by atoms with Gasteiger partial charge >= 0.3 is 12.0 Å². The fourth-order valence-electron chi connectivity index (χ4n) is 1.89. The lowest BCUT2D eigenvalue weighted by atomic mass is 10.3. The average molecular weight is 284 g/mol. The van der Waals surface area contributed by atoms with Crippen molar-refractivity contribution >= 4 is 23.8 Å². The van der Waals surface area contributed by atoms with Crippen molar-refractivity contribution in [2.75, 3.05) is 18.2 Å². The summed E-state index contributed by atoms with van der Waals surface area (Å²) in [6.07, 6.45) is 2.37. The summed E-state index contributed by atoms with van der Waals surface area (Å²) in [5.74, 6) is -0.0780. The van der Waals surface area contributed by atoms with Crippen LogP contribution in [0.1, 0.15) is 5.69 Å². The van der Waals surface area contributed by atoms with E-state index in [0.717, 1.165) is 5.69 Å². The zero-order valence-electron chi connectivity index (χ0n) is 10.6. The maximum absolute atomic E-state index is 11.9. The molecule has 1 aliphatic rings. The molecule has 0 aliphatic carbocycles. The number of rotatable bonds is 4. The number of aliphatic carboxylic acids is 1. The molecule has 1 aliphatic heterocycles. The minimum absolute atomic E-state index is 0.320. The molecule has 2 heterocycles. The van der Waals surface area contributed by atoms with E-state index in [9.17, 15) is 9.59 Å². The number of carbonyl (C=O) groups is 2. The van der Waals surface area contributed by atoms with Gasteiger partial charge in [0.05, 0.1) is 5.88 Å². The Kier molecular flexibility index (Phi) is 4.31. The molecule has 2 rings (SSSR count).